The van der Waals surface area contributed by atoms with Gasteiger partial charge in [-0.15, -0.1) is 0 Å². The van der Waals surface area contributed by atoms with Gasteiger partial charge in [0.1, 0.15) is 0 Å². The van der Waals surface area contributed by atoms with Crippen LogP contribution in [0.15, 0.2) is 389 Å². The van der Waals surface area contributed by atoms with Crippen LogP contribution in [0.2, 0.25) is 0 Å². The highest BCUT2D eigenvalue weighted by Gasteiger charge is 2.29. The van der Waals surface area contributed by atoms with Gasteiger partial charge in [0.2, 0.25) is 0 Å². The fourth-order valence-corrected chi connectivity index (χ4v) is 20.1. The van der Waals surface area contributed by atoms with Crippen LogP contribution in [0, 0.1) is 0 Å². The number of para-hydroxylation sites is 1. The van der Waals surface area contributed by atoms with Crippen molar-refractivity contribution in [1.29, 1.82) is 0 Å². The third kappa shape index (κ3) is 10.2. The van der Waals surface area contributed by atoms with E-state index in [9.17, 15) is 0 Å². The van der Waals surface area contributed by atoms with E-state index in [0.29, 0.717) is 34.9 Å². The molecule has 10 nitrogen and oxygen atoms in total. The highest BCUT2D eigenvalue weighted by atomic mass is 15.1. The Hall–Kier alpha value is -16.6. The fraction of sp³-hybridized carbons (Fsp3) is 0. The fourth-order valence-electron chi connectivity index (χ4n) is 20.1. The number of nitrogens with zero attached hydrogens (tertiary/aromatic N) is 10. The molecule has 26 rings (SSSR count). The summed E-state index contributed by atoms with van der Waals surface area (Å²) in [5.41, 5.74) is 15.5. The molecular weight excluding hydrogens is 1490 g/mol. The third-order valence-corrected chi connectivity index (χ3v) is 25.4. The zero-order valence-electron chi connectivity index (χ0n) is 65.4. The van der Waals surface area contributed by atoms with Crippen molar-refractivity contribution in [2.24, 2.45) is 0 Å². The van der Waals surface area contributed by atoms with E-state index in [1.165, 1.54) is 64.6 Å². The van der Waals surface area contributed by atoms with Crippen LogP contribution >= 0.6 is 0 Å². The first-order valence-corrected chi connectivity index (χ1v) is 41.3. The Kier molecular flexibility index (Phi) is 14.7. The first kappa shape index (κ1) is 67.6. The Labute approximate surface area is 697 Å². The van der Waals surface area contributed by atoms with Gasteiger partial charge < -0.3 is 9.13 Å². The number of hydrogen-bond donors (Lipinski definition) is 0. The monoisotopic (exact) mass is 1550 g/mol. The molecule has 0 fully saturated rings. The molecule has 20 aromatic carbocycles. The molecule has 0 saturated carbocycles. The maximum atomic E-state index is 5.74. The molecule has 0 N–H and O–H groups in total. The molecule has 0 unspecified atom stereocenters. The summed E-state index contributed by atoms with van der Waals surface area (Å²) >= 11 is 0. The van der Waals surface area contributed by atoms with E-state index in [0.717, 1.165) is 164 Å². The molecule has 0 aliphatic heterocycles. The average molecular weight is 1550 g/mol. The molecule has 0 radical (unpaired) electrons. The summed E-state index contributed by atoms with van der Waals surface area (Å²) in [5, 5.41) is 30.1. The maximum absolute atomic E-state index is 5.74. The molecule has 0 amide bonds. The van der Waals surface area contributed by atoms with Crippen LogP contribution in [-0.2, 0) is 0 Å². The Balaban J connectivity index is 0.667. The second-order valence-corrected chi connectivity index (χ2v) is 32.0. The van der Waals surface area contributed by atoms with Crippen LogP contribution < -0.4 is 0 Å². The van der Waals surface area contributed by atoms with E-state index in [1.54, 1.807) is 0 Å². The minimum atomic E-state index is 0.476. The highest BCUT2D eigenvalue weighted by molar-refractivity contribution is 6.39. The third-order valence-electron chi connectivity index (χ3n) is 25.4. The smallest absolute Gasteiger partial charge is 0.165 e. The van der Waals surface area contributed by atoms with Crippen LogP contribution in [0.1, 0.15) is 0 Å². The van der Waals surface area contributed by atoms with Gasteiger partial charge in [0.25, 0.3) is 0 Å². The van der Waals surface area contributed by atoms with Crippen LogP contribution in [0.3, 0.4) is 0 Å². The lowest BCUT2D eigenvalue weighted by molar-refractivity contribution is 1.06. The van der Waals surface area contributed by atoms with Gasteiger partial charge in [0.05, 0.1) is 22.1 Å². The molecule has 6 aromatic heterocycles. The van der Waals surface area contributed by atoms with Gasteiger partial charge in [0, 0.05) is 91.1 Å². The lowest BCUT2D eigenvalue weighted by Gasteiger charge is -2.20. The zero-order valence-corrected chi connectivity index (χ0v) is 65.4. The number of benzene rings is 18. The van der Waals surface area contributed by atoms with Gasteiger partial charge in [0.15, 0.2) is 34.9 Å². The predicted octanol–water partition coefficient (Wildman–Crippen LogP) is 28.5. The summed E-state index contributed by atoms with van der Waals surface area (Å²) in [6.07, 6.45) is 7.85. The van der Waals surface area contributed by atoms with Gasteiger partial charge in [-0.05, 0) is 201 Å². The lowest BCUT2D eigenvalue weighted by Crippen LogP contribution is -2.05. The molecule has 6 heterocycles. The topological polar surface area (TPSA) is 113 Å². The van der Waals surface area contributed by atoms with Crippen LogP contribution in [0.5, 0.6) is 0 Å². The Morgan fingerprint density at radius 2 is 0.492 bits per heavy atom. The molecule has 10 heteroatoms. The molecule has 562 valence electrons. The first-order chi connectivity index (χ1) is 60.5. The molecule has 0 spiro atoms. The summed E-state index contributed by atoms with van der Waals surface area (Å²) in [4.78, 5) is 42.8. The molecule has 0 atom stereocenters. The van der Waals surface area contributed by atoms with E-state index in [-0.39, 0.29) is 0 Å². The van der Waals surface area contributed by atoms with E-state index in [1.807, 2.05) is 79.4 Å². The van der Waals surface area contributed by atoms with Gasteiger partial charge in [-0.1, -0.05) is 303 Å². The van der Waals surface area contributed by atoms with E-state index in [2.05, 4.69) is 319 Å². The minimum Gasteiger partial charge on any atom is -0.309 e. The van der Waals surface area contributed by atoms with E-state index < -0.39 is 0 Å². The molecule has 0 aliphatic carbocycles. The highest BCUT2D eigenvalue weighted by Crippen LogP contribution is 2.51. The van der Waals surface area contributed by atoms with Crippen LogP contribution in [0.4, 0.5) is 0 Å². The van der Waals surface area contributed by atoms with Gasteiger partial charge in [-0.2, -0.15) is 0 Å². The molecule has 26 aromatic rings. The van der Waals surface area contributed by atoms with Crippen molar-refractivity contribution in [2.75, 3.05) is 0 Å². The van der Waals surface area contributed by atoms with Crippen molar-refractivity contribution in [1.82, 2.24) is 49.0 Å². The van der Waals surface area contributed by atoms with Crippen molar-refractivity contribution < 1.29 is 0 Å². The second kappa shape index (κ2) is 26.5. The number of hydrogen-bond acceptors (Lipinski definition) is 8. The predicted molar refractivity (Wildman–Crippen MR) is 505 cm³/mol. The zero-order chi connectivity index (χ0) is 79.8. The Bertz CT molecular complexity index is 8830. The molecule has 0 bridgehead atoms. The minimum absolute atomic E-state index is 0.476. The number of fused-ring (bicyclic) bond motifs is 13. The molecule has 122 heavy (non-hydrogen) atoms. The van der Waals surface area contributed by atoms with Gasteiger partial charge >= 0.3 is 0 Å². The lowest BCUT2D eigenvalue weighted by atomic mass is 9.85. The molecule has 0 aliphatic rings. The average Bonchev–Trinajstić information content (AvgIpc) is 0.996. The van der Waals surface area contributed by atoms with Crippen molar-refractivity contribution in [3.8, 4) is 102 Å². The Morgan fingerprint density at radius 1 is 0.164 bits per heavy atom. The first-order valence-electron chi connectivity index (χ1n) is 41.3. The van der Waals surface area contributed by atoms with Crippen molar-refractivity contribution >= 4 is 162 Å². The standard InChI is InChI=1S/C112H64N10/c1-4-21-69(22-5-1)107-115-108(70-23-6-2-7-24-70)118-111(117-107)105-89-40-19-38-84-81-32-12-10-30-79(81)80-31-11-13-33-82(80)85-39-20-41-90(104(85)103(84)89)106(105)112-119-109(71-25-8-3-9-26-71)116-110(120-112)72-48-43-65(44-49-72)73-51-52-96-91(60-73)94-64-114-56-54-98(94)122(96)78-59-76(58-77(62-78)121-95-42-15-14-34-83(95)93-63-113-55-53-97(93)121)75-57-74-50-47-68-28-17-36-87-86-35-16-27-66-45-46-67-29-18-37-88(101(67)99(66)86)92(61-75)102(74)100(68)87/h1-64H. The summed E-state index contributed by atoms with van der Waals surface area (Å²) in [6.45, 7) is 0. The summed E-state index contributed by atoms with van der Waals surface area (Å²) in [5.74, 6) is 3.09. The van der Waals surface area contributed by atoms with Crippen LogP contribution in [0.25, 0.3) is 264 Å². The van der Waals surface area contributed by atoms with Crippen molar-refractivity contribution in [3.05, 3.63) is 389 Å². The maximum Gasteiger partial charge on any atom is 0.165 e. The molecular formula is C112H64N10. The number of pyridine rings is 2. The molecule has 0 saturated heterocycles. The summed E-state index contributed by atoms with van der Waals surface area (Å²) in [6, 6.07) is 132. The van der Waals surface area contributed by atoms with Crippen LogP contribution in [-0.4, -0.2) is 49.0 Å². The SMILES string of the molecule is c1ccc(-c2nc(-c3ccccc3)nc(-c3c(-c4nc(-c5ccccc5)nc(-c5ccc(-c6ccc7c(c6)c6cnccc6n7-c6cc(-c7cc8ccc9cccc%10c%11cccc%12ccc%13cccc(c(c7)c8c9%10)c%13c%12%11)cc(-n7c8ccccc8c8cnccc87)c6)cc5)n4)c4cccc5c6ccccc6c6ccccc6c6cccc3c6c45)n2)cc1. The van der Waals surface area contributed by atoms with E-state index in [4.69, 9.17) is 39.9 Å². The van der Waals surface area contributed by atoms with Crippen molar-refractivity contribution in [3.63, 3.8) is 0 Å². The van der Waals surface area contributed by atoms with E-state index >= 15 is 0 Å². The number of aromatic nitrogens is 10. The summed E-state index contributed by atoms with van der Waals surface area (Å²) < 4.78 is 4.85. The quantitative estimate of drug-likeness (QED) is 0.124. The largest absolute Gasteiger partial charge is 0.309 e. The van der Waals surface area contributed by atoms with Gasteiger partial charge in [-0.25, -0.2) is 29.9 Å². The Morgan fingerprint density at radius 3 is 0.984 bits per heavy atom. The van der Waals surface area contributed by atoms with Gasteiger partial charge in [-0.3, -0.25) is 9.97 Å². The number of rotatable bonds is 10. The summed E-state index contributed by atoms with van der Waals surface area (Å²) in [7, 11) is 0. The normalized spacial score (nSPS) is 12.1. The van der Waals surface area contributed by atoms with Crippen molar-refractivity contribution in [2.45, 2.75) is 0 Å². The second-order valence-electron chi connectivity index (χ2n) is 32.0.